The van der Waals surface area contributed by atoms with Gasteiger partial charge in [0.1, 0.15) is 12.2 Å². The fourth-order valence-corrected chi connectivity index (χ4v) is 8.22. The van der Waals surface area contributed by atoms with Crippen LogP contribution in [0, 0.1) is 22.7 Å². The third kappa shape index (κ3) is 1.81. The van der Waals surface area contributed by atoms with Crippen LogP contribution in [-0.4, -0.2) is 86.2 Å². The summed E-state index contributed by atoms with van der Waals surface area (Å²) in [7, 11) is 0. The average molecular weight is 489 g/mol. The van der Waals surface area contributed by atoms with E-state index < -0.39 is 88.6 Å². The molecule has 35 heavy (non-hydrogen) atoms. The quantitative estimate of drug-likeness (QED) is 0.322. The predicted molar refractivity (Wildman–Crippen MR) is 106 cm³/mol. The lowest BCUT2D eigenvalue weighted by molar-refractivity contribution is -0.238. The van der Waals surface area contributed by atoms with Gasteiger partial charge in [0.25, 0.3) is 0 Å². The van der Waals surface area contributed by atoms with Crippen molar-refractivity contribution in [3.8, 4) is 0 Å². The molecule has 0 aromatic carbocycles. The standard InChI is InChI=1S/C23H23NO11/c1-8-11(25)13-21-12(26)14-22(30,9(2)16(27)32-14)23(21,18(29)33-13)35-19-20(8,21)15(17(28)34-19)31-7-10-5-3-4-6-24-10/h3-6,8-9,11-15,19,25-26,30H,7H2,1-2H3/t8-,9-,11-,12+,13?,14+,15+,19?,20?,21?,22-,23+/m1/s1. The number of esters is 3. The van der Waals surface area contributed by atoms with E-state index in [4.69, 9.17) is 23.7 Å². The normalized spacial score (nSPS) is 54.7. The Morgan fingerprint density at radius 1 is 1.06 bits per heavy atom. The van der Waals surface area contributed by atoms with Crippen LogP contribution >= 0.6 is 0 Å². The first-order valence-electron chi connectivity index (χ1n) is 11.5. The van der Waals surface area contributed by atoms with Gasteiger partial charge in [-0.15, -0.1) is 0 Å². The van der Waals surface area contributed by atoms with Crippen molar-refractivity contribution in [1.29, 1.82) is 0 Å². The molecule has 7 rings (SSSR count). The van der Waals surface area contributed by atoms with E-state index >= 15 is 0 Å². The molecule has 1 aromatic rings. The zero-order valence-electron chi connectivity index (χ0n) is 18.7. The molecule has 4 saturated heterocycles. The molecule has 5 heterocycles. The Morgan fingerprint density at radius 3 is 2.54 bits per heavy atom. The van der Waals surface area contributed by atoms with E-state index in [1.807, 2.05) is 0 Å². The number of pyridine rings is 1. The molecule has 6 aliphatic rings. The molecule has 0 bridgehead atoms. The molecule has 0 amide bonds. The fraction of sp³-hybridized carbons (Fsp3) is 0.652. The summed E-state index contributed by atoms with van der Waals surface area (Å²) in [4.78, 5) is 43.4. The van der Waals surface area contributed by atoms with E-state index in [-0.39, 0.29) is 6.61 Å². The summed E-state index contributed by atoms with van der Waals surface area (Å²) in [6.45, 7) is 2.87. The molecular weight excluding hydrogens is 466 g/mol. The van der Waals surface area contributed by atoms with Crippen molar-refractivity contribution in [3.63, 3.8) is 0 Å². The van der Waals surface area contributed by atoms with Crippen LogP contribution in [0.25, 0.3) is 0 Å². The lowest BCUT2D eigenvalue weighted by Crippen LogP contribution is -2.67. The molecule has 2 spiro atoms. The topological polar surface area (TPSA) is 171 Å². The molecular formula is C23H23NO11. The third-order valence-electron chi connectivity index (χ3n) is 9.52. The van der Waals surface area contributed by atoms with Crippen LogP contribution in [0.5, 0.6) is 0 Å². The molecule has 6 fully saturated rings. The molecule has 12 nitrogen and oxygen atoms in total. The lowest BCUT2D eigenvalue weighted by Gasteiger charge is -2.44. The largest absolute Gasteiger partial charge is 0.456 e. The van der Waals surface area contributed by atoms with Crippen molar-refractivity contribution in [3.05, 3.63) is 30.1 Å². The molecule has 4 unspecified atom stereocenters. The minimum Gasteiger partial charge on any atom is -0.456 e. The third-order valence-corrected chi connectivity index (χ3v) is 9.52. The number of carbonyl (C=O) groups is 3. The van der Waals surface area contributed by atoms with Gasteiger partial charge < -0.3 is 39.0 Å². The van der Waals surface area contributed by atoms with Gasteiger partial charge in [0.2, 0.25) is 11.9 Å². The molecule has 2 saturated carbocycles. The van der Waals surface area contributed by atoms with E-state index in [0.29, 0.717) is 5.69 Å². The van der Waals surface area contributed by atoms with Gasteiger partial charge >= 0.3 is 17.9 Å². The van der Waals surface area contributed by atoms with Gasteiger partial charge in [0, 0.05) is 12.1 Å². The van der Waals surface area contributed by atoms with Crippen molar-refractivity contribution < 1.29 is 53.4 Å². The number of rotatable bonds is 3. The number of nitrogens with zero attached hydrogens (tertiary/aromatic N) is 1. The Bertz CT molecular complexity index is 1180. The van der Waals surface area contributed by atoms with E-state index in [0.717, 1.165) is 0 Å². The Morgan fingerprint density at radius 2 is 1.83 bits per heavy atom. The molecule has 1 aromatic heterocycles. The SMILES string of the molecule is C[C@@H]1[C@@H](O)C2OC(=O)[C@]34OC5OC(=O)[C@H](OCc6ccccn6)C51C23[C@@H](O)[C@@H]1OC(=O)[C@@H](C)[C@@]14O. The van der Waals surface area contributed by atoms with Crippen LogP contribution in [0.4, 0.5) is 0 Å². The van der Waals surface area contributed by atoms with E-state index in [2.05, 4.69) is 4.98 Å². The van der Waals surface area contributed by atoms with Gasteiger partial charge in [-0.25, -0.2) is 9.59 Å². The second-order valence-corrected chi connectivity index (χ2v) is 10.3. The van der Waals surface area contributed by atoms with Gasteiger partial charge in [-0.05, 0) is 19.1 Å². The highest BCUT2D eigenvalue weighted by Gasteiger charge is 3.04. The van der Waals surface area contributed by atoms with Crippen LogP contribution in [0.3, 0.4) is 0 Å². The number of aliphatic hydroxyl groups is 3. The monoisotopic (exact) mass is 489 g/mol. The van der Waals surface area contributed by atoms with Crippen LogP contribution < -0.4 is 0 Å². The van der Waals surface area contributed by atoms with Gasteiger partial charge in [-0.2, -0.15) is 0 Å². The highest BCUT2D eigenvalue weighted by atomic mass is 16.8. The summed E-state index contributed by atoms with van der Waals surface area (Å²) >= 11 is 0. The van der Waals surface area contributed by atoms with Crippen LogP contribution in [-0.2, 0) is 44.7 Å². The molecule has 3 N–H and O–H groups in total. The molecule has 12 heteroatoms. The average Bonchev–Trinajstić information content (AvgIpc) is 3.53. The summed E-state index contributed by atoms with van der Waals surface area (Å²) in [6.07, 6.45) is -7.34. The second kappa shape index (κ2) is 6.19. The Hall–Kier alpha value is -2.64. The summed E-state index contributed by atoms with van der Waals surface area (Å²) in [5.74, 6) is -4.82. The summed E-state index contributed by atoms with van der Waals surface area (Å²) in [5.41, 5.74) is -7.73. The minimum atomic E-state index is -2.34. The van der Waals surface area contributed by atoms with Gasteiger partial charge in [0.15, 0.2) is 17.8 Å². The van der Waals surface area contributed by atoms with Crippen molar-refractivity contribution >= 4 is 17.9 Å². The number of carbonyl (C=O) groups excluding carboxylic acids is 3. The Labute approximate surface area is 198 Å². The first-order chi connectivity index (χ1) is 16.6. The zero-order valence-corrected chi connectivity index (χ0v) is 18.7. The van der Waals surface area contributed by atoms with Crippen molar-refractivity contribution in [1.82, 2.24) is 4.98 Å². The number of aliphatic hydroxyl groups excluding tert-OH is 2. The smallest absolute Gasteiger partial charge is 0.343 e. The molecule has 4 aliphatic heterocycles. The molecule has 186 valence electrons. The Kier molecular flexibility index (Phi) is 3.82. The number of ether oxygens (including phenoxy) is 5. The maximum Gasteiger partial charge on any atom is 0.343 e. The van der Waals surface area contributed by atoms with Crippen molar-refractivity contribution in [2.24, 2.45) is 22.7 Å². The highest BCUT2D eigenvalue weighted by Crippen LogP contribution is 2.83. The van der Waals surface area contributed by atoms with Gasteiger partial charge in [-0.3, -0.25) is 9.78 Å². The number of hydrogen-bond donors (Lipinski definition) is 3. The first kappa shape index (κ1) is 21.6. The first-order valence-corrected chi connectivity index (χ1v) is 11.5. The van der Waals surface area contributed by atoms with E-state index in [1.165, 1.54) is 6.92 Å². The fourth-order valence-electron chi connectivity index (χ4n) is 8.22. The minimum absolute atomic E-state index is 0.115. The summed E-state index contributed by atoms with van der Waals surface area (Å²) in [6, 6.07) is 5.16. The molecule has 0 radical (unpaired) electrons. The predicted octanol–water partition coefficient (Wildman–Crippen LogP) is -1.81. The summed E-state index contributed by atoms with van der Waals surface area (Å²) in [5, 5.41) is 35.1. The van der Waals surface area contributed by atoms with E-state index in [1.54, 1.807) is 31.3 Å². The number of aromatic nitrogens is 1. The second-order valence-electron chi connectivity index (χ2n) is 10.3. The van der Waals surface area contributed by atoms with Gasteiger partial charge in [0.05, 0.1) is 35.2 Å². The molecule has 2 aliphatic carbocycles. The number of hydrogen-bond acceptors (Lipinski definition) is 12. The maximum atomic E-state index is 13.5. The number of fused-ring (bicyclic) bond motifs is 1. The lowest BCUT2D eigenvalue weighted by atomic mass is 9.54. The van der Waals surface area contributed by atoms with Gasteiger partial charge in [-0.1, -0.05) is 13.0 Å². The highest BCUT2D eigenvalue weighted by molar-refractivity contribution is 5.94. The zero-order chi connectivity index (χ0) is 24.7. The van der Waals surface area contributed by atoms with E-state index in [9.17, 15) is 29.7 Å². The van der Waals surface area contributed by atoms with Crippen molar-refractivity contribution in [2.75, 3.05) is 0 Å². The van der Waals surface area contributed by atoms with Crippen LogP contribution in [0.1, 0.15) is 19.5 Å². The molecule has 12 atom stereocenters. The van der Waals surface area contributed by atoms with Crippen LogP contribution in [0.2, 0.25) is 0 Å². The summed E-state index contributed by atoms with van der Waals surface area (Å²) < 4.78 is 28.7. The maximum absolute atomic E-state index is 13.5. The Balaban J connectivity index is 1.45. The van der Waals surface area contributed by atoms with Crippen molar-refractivity contribution in [2.45, 2.75) is 68.5 Å². The van der Waals surface area contributed by atoms with Crippen LogP contribution in [0.15, 0.2) is 24.4 Å².